The molecule has 4 nitrogen and oxygen atoms in total. The van der Waals surface area contributed by atoms with Crippen LogP contribution in [0, 0.1) is 11.8 Å². The van der Waals surface area contributed by atoms with Crippen molar-refractivity contribution in [3.05, 3.63) is 87.0 Å². The molecule has 0 amide bonds. The third-order valence-electron chi connectivity index (χ3n) is 3.95. The van der Waals surface area contributed by atoms with E-state index >= 15 is 0 Å². The van der Waals surface area contributed by atoms with Crippen LogP contribution >= 0.6 is 11.3 Å². The molecule has 0 unspecified atom stereocenters. The average Bonchev–Trinajstić information content (AvgIpc) is 3.28. The summed E-state index contributed by atoms with van der Waals surface area (Å²) in [5.74, 6) is 6.00. The molecular weight excluding hydrogens is 344 g/mol. The van der Waals surface area contributed by atoms with E-state index in [1.807, 2.05) is 60.0 Å². The molecule has 0 radical (unpaired) electrons. The fourth-order valence-corrected chi connectivity index (χ4v) is 3.30. The number of hydrogen-bond acceptors (Lipinski definition) is 4. The number of nitrogens with one attached hydrogen (secondary N) is 1. The summed E-state index contributed by atoms with van der Waals surface area (Å²) in [5, 5.41) is 5.36. The Bertz CT molecular complexity index is 1140. The van der Waals surface area contributed by atoms with Crippen LogP contribution in [0.4, 0.5) is 5.69 Å². The number of thiophene rings is 1. The van der Waals surface area contributed by atoms with Gasteiger partial charge in [-0.1, -0.05) is 36.1 Å². The highest BCUT2D eigenvalue weighted by Gasteiger charge is 2.07. The van der Waals surface area contributed by atoms with E-state index in [0.717, 1.165) is 21.6 Å². The largest absolute Gasteiger partial charge is 0.420 e. The van der Waals surface area contributed by atoms with E-state index in [1.165, 1.54) is 0 Å². The van der Waals surface area contributed by atoms with Gasteiger partial charge in [0.25, 0.3) is 0 Å². The molecule has 0 fully saturated rings. The van der Waals surface area contributed by atoms with Crippen molar-refractivity contribution in [1.29, 1.82) is 0 Å². The van der Waals surface area contributed by atoms with Crippen LogP contribution in [0.1, 0.15) is 10.4 Å². The van der Waals surface area contributed by atoms with Crippen LogP contribution < -0.4 is 11.1 Å². The van der Waals surface area contributed by atoms with Crippen LogP contribution in [-0.2, 0) is 6.54 Å². The standard InChI is InChI=1S/C21H16N2O2S/c24-21-23(19-8-1-2-9-20(19)25-21)13-12-22-17-6-3-5-16(15-17)10-11-18-7-4-14-26-18/h1-9,14-15,22H,12-13H2. The van der Waals surface area contributed by atoms with E-state index in [4.69, 9.17) is 4.42 Å². The summed E-state index contributed by atoms with van der Waals surface area (Å²) in [6.45, 7) is 1.15. The van der Waals surface area contributed by atoms with E-state index in [0.29, 0.717) is 18.7 Å². The first-order valence-electron chi connectivity index (χ1n) is 8.27. The number of hydrogen-bond donors (Lipinski definition) is 1. The lowest BCUT2D eigenvalue weighted by molar-refractivity contribution is 0.510. The third-order valence-corrected chi connectivity index (χ3v) is 4.74. The van der Waals surface area contributed by atoms with Crippen LogP contribution in [0.15, 0.2) is 75.3 Å². The molecule has 0 aliphatic rings. The van der Waals surface area contributed by atoms with Gasteiger partial charge in [0.15, 0.2) is 5.58 Å². The Morgan fingerprint density at radius 2 is 1.96 bits per heavy atom. The summed E-state index contributed by atoms with van der Waals surface area (Å²) in [4.78, 5) is 13.0. The molecule has 2 heterocycles. The molecule has 0 bridgehead atoms. The molecule has 2 aromatic carbocycles. The number of para-hydroxylation sites is 2. The predicted octanol–water partition coefficient (Wildman–Crippen LogP) is 4.17. The molecule has 0 atom stereocenters. The first-order valence-corrected chi connectivity index (χ1v) is 9.15. The Morgan fingerprint density at radius 1 is 1.04 bits per heavy atom. The Labute approximate surface area is 154 Å². The van der Waals surface area contributed by atoms with Crippen molar-refractivity contribution in [2.75, 3.05) is 11.9 Å². The minimum atomic E-state index is -0.330. The minimum Gasteiger partial charge on any atom is -0.408 e. The number of rotatable bonds is 4. The van der Waals surface area contributed by atoms with Crippen LogP contribution in [0.3, 0.4) is 0 Å². The second-order valence-electron chi connectivity index (χ2n) is 5.72. The second-order valence-corrected chi connectivity index (χ2v) is 6.67. The lowest BCUT2D eigenvalue weighted by Crippen LogP contribution is -2.19. The SMILES string of the molecule is O=c1oc2ccccc2n1CCNc1cccc(C#Cc2cccs2)c1. The van der Waals surface area contributed by atoms with Gasteiger partial charge in [0, 0.05) is 24.3 Å². The second kappa shape index (κ2) is 7.34. The van der Waals surface area contributed by atoms with Crippen LogP contribution in [-0.4, -0.2) is 11.1 Å². The van der Waals surface area contributed by atoms with E-state index < -0.39 is 0 Å². The van der Waals surface area contributed by atoms with Crippen LogP contribution in [0.5, 0.6) is 0 Å². The Kier molecular flexibility index (Phi) is 4.59. The summed E-state index contributed by atoms with van der Waals surface area (Å²) < 4.78 is 6.89. The summed E-state index contributed by atoms with van der Waals surface area (Å²) in [5.41, 5.74) is 3.36. The van der Waals surface area contributed by atoms with E-state index in [9.17, 15) is 4.79 Å². The molecule has 0 spiro atoms. The monoisotopic (exact) mass is 360 g/mol. The molecule has 4 aromatic rings. The minimum absolute atomic E-state index is 0.330. The van der Waals surface area contributed by atoms with Gasteiger partial charge in [-0.05, 0) is 41.8 Å². The molecule has 5 heteroatoms. The fourth-order valence-electron chi connectivity index (χ4n) is 2.73. The molecule has 0 aliphatic carbocycles. The zero-order valence-corrected chi connectivity index (χ0v) is 14.8. The van der Waals surface area contributed by atoms with Gasteiger partial charge in [0.1, 0.15) is 0 Å². The number of oxazole rings is 1. The van der Waals surface area contributed by atoms with Crippen LogP contribution in [0.25, 0.3) is 11.1 Å². The van der Waals surface area contributed by atoms with Gasteiger partial charge in [-0.25, -0.2) is 4.79 Å². The van der Waals surface area contributed by atoms with Gasteiger partial charge in [-0.3, -0.25) is 4.57 Å². The molecule has 4 rings (SSSR count). The summed E-state index contributed by atoms with van der Waals surface area (Å²) in [6.07, 6.45) is 0. The van der Waals surface area contributed by atoms with E-state index in [2.05, 4.69) is 17.2 Å². The van der Waals surface area contributed by atoms with Crippen LogP contribution in [0.2, 0.25) is 0 Å². The zero-order chi connectivity index (χ0) is 17.8. The number of nitrogens with zero attached hydrogens (tertiary/aromatic N) is 1. The van der Waals surface area contributed by atoms with Crippen molar-refractivity contribution >= 4 is 28.1 Å². The summed E-state index contributed by atoms with van der Waals surface area (Å²) in [7, 11) is 0. The highest BCUT2D eigenvalue weighted by molar-refractivity contribution is 7.10. The topological polar surface area (TPSA) is 47.2 Å². The van der Waals surface area contributed by atoms with Crippen molar-refractivity contribution in [1.82, 2.24) is 4.57 Å². The summed E-state index contributed by atoms with van der Waals surface area (Å²) in [6, 6.07) is 19.4. The normalized spacial score (nSPS) is 10.5. The first kappa shape index (κ1) is 16.2. The molecule has 0 saturated carbocycles. The van der Waals surface area contributed by atoms with Gasteiger partial charge in [0.05, 0.1) is 10.4 Å². The number of aromatic nitrogens is 1. The van der Waals surface area contributed by atoms with Gasteiger partial charge < -0.3 is 9.73 Å². The van der Waals surface area contributed by atoms with Gasteiger partial charge in [-0.15, -0.1) is 11.3 Å². The Balaban J connectivity index is 1.44. The molecule has 0 aliphatic heterocycles. The van der Waals surface area contributed by atoms with Crippen molar-refractivity contribution in [3.8, 4) is 11.8 Å². The van der Waals surface area contributed by atoms with Gasteiger partial charge in [0.2, 0.25) is 0 Å². The zero-order valence-electron chi connectivity index (χ0n) is 13.9. The molecular formula is C21H16N2O2S. The number of benzene rings is 2. The Morgan fingerprint density at radius 3 is 2.85 bits per heavy atom. The highest BCUT2D eigenvalue weighted by atomic mass is 32.1. The van der Waals surface area contributed by atoms with Crippen molar-refractivity contribution in [3.63, 3.8) is 0 Å². The Hall–Kier alpha value is -3.23. The van der Waals surface area contributed by atoms with Gasteiger partial charge >= 0.3 is 5.76 Å². The number of anilines is 1. The molecule has 26 heavy (non-hydrogen) atoms. The highest BCUT2D eigenvalue weighted by Crippen LogP contribution is 2.13. The van der Waals surface area contributed by atoms with Crippen molar-refractivity contribution < 1.29 is 4.42 Å². The molecule has 0 saturated heterocycles. The maximum Gasteiger partial charge on any atom is 0.420 e. The maximum absolute atomic E-state index is 12.0. The van der Waals surface area contributed by atoms with Crippen molar-refractivity contribution in [2.24, 2.45) is 0 Å². The molecule has 2 aromatic heterocycles. The third kappa shape index (κ3) is 3.56. The number of fused-ring (bicyclic) bond motifs is 1. The maximum atomic E-state index is 12.0. The fraction of sp³-hybridized carbons (Fsp3) is 0.0952. The lowest BCUT2D eigenvalue weighted by atomic mass is 10.2. The van der Waals surface area contributed by atoms with E-state index in [1.54, 1.807) is 22.0 Å². The first-order chi connectivity index (χ1) is 12.8. The summed E-state index contributed by atoms with van der Waals surface area (Å²) >= 11 is 1.63. The quantitative estimate of drug-likeness (QED) is 0.556. The lowest BCUT2D eigenvalue weighted by Gasteiger charge is -2.07. The van der Waals surface area contributed by atoms with Gasteiger partial charge in [-0.2, -0.15) is 0 Å². The van der Waals surface area contributed by atoms with E-state index in [-0.39, 0.29) is 5.76 Å². The average molecular weight is 360 g/mol. The van der Waals surface area contributed by atoms with Crippen molar-refractivity contribution in [2.45, 2.75) is 6.54 Å². The predicted molar refractivity (Wildman–Crippen MR) is 106 cm³/mol. The smallest absolute Gasteiger partial charge is 0.408 e. The molecule has 128 valence electrons. The molecule has 1 N–H and O–H groups in total.